The maximum absolute atomic E-state index is 4.70. The molecule has 6 aliphatic rings. The second-order valence-electron chi connectivity index (χ2n) is 18.9. The molecule has 0 aliphatic heterocycles. The molecule has 0 amide bonds. The molecule has 0 spiro atoms. The molecule has 1 radical (unpaired) electrons. The minimum atomic E-state index is -1.30. The Kier molecular flexibility index (Phi) is 38.1. The third-order valence-electron chi connectivity index (χ3n) is 14.9. The van der Waals surface area contributed by atoms with E-state index in [1.165, 1.54) is 77.0 Å². The van der Waals surface area contributed by atoms with E-state index >= 15 is 0 Å². The predicted molar refractivity (Wildman–Crippen MR) is 280 cm³/mol. The van der Waals surface area contributed by atoms with Gasteiger partial charge in [0.15, 0.2) is 0 Å². The van der Waals surface area contributed by atoms with Crippen LogP contribution in [0.3, 0.4) is 0 Å². The van der Waals surface area contributed by atoms with Crippen molar-refractivity contribution >= 4 is 16.1 Å². The van der Waals surface area contributed by atoms with Gasteiger partial charge in [-0.05, 0) is 109 Å². The van der Waals surface area contributed by atoms with E-state index in [4.69, 9.17) is 13.1 Å². The van der Waals surface area contributed by atoms with E-state index in [1.54, 1.807) is 17.2 Å². The zero-order chi connectivity index (χ0) is 38.8. The molecule has 8 rings (SSSR count). The molecule has 61 heavy (non-hydrogen) atoms. The molecule has 2 aromatic rings. The van der Waals surface area contributed by atoms with Gasteiger partial charge in [-0.3, -0.25) is 6.08 Å². The van der Waals surface area contributed by atoms with Crippen molar-refractivity contribution in [3.63, 3.8) is 0 Å². The predicted octanol–water partition coefficient (Wildman–Crippen LogP) is 18.8. The maximum atomic E-state index is 4.70. The Bertz CT molecular complexity index is 1260. The fraction of sp³-hybridized carbons (Fsp3) is 0.614. The quantitative estimate of drug-likeness (QED) is 0.159. The van der Waals surface area contributed by atoms with Gasteiger partial charge in [0, 0.05) is 0 Å². The van der Waals surface area contributed by atoms with Crippen molar-refractivity contribution < 1.29 is 43.4 Å². The van der Waals surface area contributed by atoms with Crippen LogP contribution in [0.5, 0.6) is 0 Å². The van der Waals surface area contributed by atoms with Crippen LogP contribution in [0.4, 0.5) is 0 Å². The second kappa shape index (κ2) is 33.3. The summed E-state index contributed by atoms with van der Waals surface area (Å²) in [7, 11) is -2.60. The van der Waals surface area contributed by atoms with Gasteiger partial charge in [-0.2, -0.15) is 6.58 Å². The fourth-order valence-corrected chi connectivity index (χ4v) is 17.6. The van der Waals surface area contributed by atoms with Crippen LogP contribution >= 0.6 is 0 Å². The van der Waals surface area contributed by atoms with Crippen LogP contribution in [0.2, 0.25) is 37.3 Å². The van der Waals surface area contributed by atoms with Crippen LogP contribution in [0.15, 0.2) is 79.4 Å². The molecule has 6 fully saturated rings. The summed E-state index contributed by atoms with van der Waals surface area (Å²) in [5.74, 6) is 9.79. The average molecular weight is 938 g/mol. The van der Waals surface area contributed by atoms with Crippen molar-refractivity contribution in [3.8, 4) is 0 Å². The molecule has 12 atom stereocenters. The number of benzene rings is 2. The van der Waals surface area contributed by atoms with Crippen molar-refractivity contribution in [2.45, 2.75) is 176 Å². The molecule has 12 unspecified atom stereocenters. The Labute approximate surface area is 418 Å². The first-order chi connectivity index (χ1) is 25.5. The Morgan fingerprint density at radius 2 is 0.820 bits per heavy atom. The molecule has 0 aromatic heterocycles. The van der Waals surface area contributed by atoms with E-state index in [2.05, 4.69) is 99.5 Å². The number of hydrogen-bond donors (Lipinski definition) is 0. The van der Waals surface area contributed by atoms with Crippen molar-refractivity contribution in [2.24, 2.45) is 47.3 Å². The molecule has 345 valence electrons. The van der Waals surface area contributed by atoms with Crippen molar-refractivity contribution in [1.29, 1.82) is 0 Å². The molecule has 2 aromatic carbocycles. The van der Waals surface area contributed by atoms with Crippen LogP contribution in [0, 0.1) is 96.2 Å². The summed E-state index contributed by atoms with van der Waals surface area (Å²) in [6.07, 6.45) is 24.3. The fourth-order valence-electron chi connectivity index (χ4n) is 12.7. The number of hydrogen-bond acceptors (Lipinski definition) is 0. The zero-order valence-electron chi connectivity index (χ0n) is 41.0. The number of rotatable bonds is 5. The molecule has 6 saturated carbocycles. The normalized spacial score (nSPS) is 30.7. The van der Waals surface area contributed by atoms with Crippen molar-refractivity contribution in [3.05, 3.63) is 139 Å². The van der Waals surface area contributed by atoms with E-state index < -0.39 is 16.1 Å². The largest absolute Gasteiger partial charge is 4.00 e. The van der Waals surface area contributed by atoms with Crippen LogP contribution in [0.1, 0.15) is 149 Å². The van der Waals surface area contributed by atoms with Gasteiger partial charge in [-0.25, -0.2) is 12.2 Å². The van der Waals surface area contributed by atoms with Crippen molar-refractivity contribution in [2.75, 3.05) is 0 Å². The molecule has 0 nitrogen and oxygen atoms in total. The topological polar surface area (TPSA) is 0 Å². The summed E-state index contributed by atoms with van der Waals surface area (Å²) >= 11 is 0. The summed E-state index contributed by atoms with van der Waals surface area (Å²) < 4.78 is 0. The molecule has 6 aliphatic carbocycles. The van der Waals surface area contributed by atoms with E-state index in [-0.39, 0.29) is 88.0 Å². The zero-order valence-corrected chi connectivity index (χ0v) is 46.1. The van der Waals surface area contributed by atoms with E-state index in [0.717, 1.165) is 70.3 Å². The van der Waals surface area contributed by atoms with E-state index in [1.807, 2.05) is 40.7 Å². The first-order valence-electron chi connectivity index (χ1n) is 22.4. The summed E-state index contributed by atoms with van der Waals surface area (Å²) in [5, 5.41) is 0. The number of fused-ring (bicyclic) bond motifs is 4. The van der Waals surface area contributed by atoms with Crippen molar-refractivity contribution in [1.82, 2.24) is 0 Å². The molecular weight excluding hydrogens is 837 g/mol. The Morgan fingerprint density at radius 1 is 0.541 bits per heavy atom. The smallest absolute Gasteiger partial charge is 0.358 e. The van der Waals surface area contributed by atoms with E-state index in [0.29, 0.717) is 0 Å². The molecule has 0 heterocycles. The summed E-state index contributed by atoms with van der Waals surface area (Å²) in [6, 6.07) is 22.9. The van der Waals surface area contributed by atoms with Crippen LogP contribution in [0.25, 0.3) is 0 Å². The maximum Gasteiger partial charge on any atom is 4.00 e. The first kappa shape index (κ1) is 69.8. The minimum Gasteiger partial charge on any atom is -0.358 e. The first-order valence-corrected chi connectivity index (χ1v) is 29.0. The molecule has 0 saturated heterocycles. The second-order valence-corrected chi connectivity index (χ2v) is 28.3. The van der Waals surface area contributed by atoms with Gasteiger partial charge in [0.1, 0.15) is 0 Å². The van der Waals surface area contributed by atoms with Crippen LogP contribution < -0.4 is 0 Å². The SMILES string of the molecule is C.C.C=[C-]/C=C/C.CC.CC.[CH2-][Si](C)(C)C1CC(c2ccccc2)C2CC3CCCC3CC21.[CH2-][Si](C)(C)C1CC(c2ccccc2)C2CC3CCCC3CC21.[CH3-].[CH3-].[CH3-].[CH3-].[Ti+3].[Ti+4]. The molecular formula is C57H101Si2Ti2. The third kappa shape index (κ3) is 17.8. The minimum absolute atomic E-state index is 0. The van der Waals surface area contributed by atoms with Gasteiger partial charge in [-0.15, -0.1) is 6.92 Å². The Morgan fingerprint density at radius 3 is 1.05 bits per heavy atom. The average Bonchev–Trinajstić information content (AvgIpc) is 3.97. The van der Waals surface area contributed by atoms with Gasteiger partial charge in [0.2, 0.25) is 0 Å². The number of allylic oxidation sites excluding steroid dienone is 3. The van der Waals surface area contributed by atoms with Crippen LogP contribution in [-0.2, 0) is 43.4 Å². The summed E-state index contributed by atoms with van der Waals surface area (Å²) in [5.41, 5.74) is 5.14. The monoisotopic (exact) mass is 938 g/mol. The summed E-state index contributed by atoms with van der Waals surface area (Å²) in [4.78, 5) is 0. The standard InChI is InChI=1S/2C21H31Si.C5H7.2C2H6.2CH4.4CH3.2Ti/c2*1-22(2,3)21-14-18(15-8-5-4-6-9-15)19-12-16-10-7-11-17(16)13-20(19)21;1-3-5-4-2;2*1-2;;;;;;;;/h2*4-6,8-9,16-21H,1,7,10-14H2,2-3H3;4-5H,1H2,2H3;2*1-2H3;2*1H4;4*1H3;;/q3*-1;;;;;4*-1;+3;+4/b;;5-4+;;;;;;;;;;. The van der Waals surface area contributed by atoms with Gasteiger partial charge >= 0.3 is 43.4 Å². The molecule has 0 N–H and O–H groups in total. The molecule has 0 bridgehead atoms. The Balaban J connectivity index is -0.000000259. The summed E-state index contributed by atoms with van der Waals surface area (Å²) in [6.45, 7) is 32.7. The van der Waals surface area contributed by atoms with Gasteiger partial charge < -0.3 is 42.8 Å². The van der Waals surface area contributed by atoms with Crippen LogP contribution in [-0.4, -0.2) is 16.1 Å². The third-order valence-corrected chi connectivity index (χ3v) is 20.2. The van der Waals surface area contributed by atoms with E-state index in [9.17, 15) is 0 Å². The Hall–Kier alpha value is -0.218. The van der Waals surface area contributed by atoms with Gasteiger partial charge in [-0.1, -0.05) is 195 Å². The van der Waals surface area contributed by atoms with Gasteiger partial charge in [0.05, 0.1) is 0 Å². The molecule has 4 heteroatoms. The van der Waals surface area contributed by atoms with Gasteiger partial charge in [0.25, 0.3) is 0 Å².